The molecule has 0 unspecified atom stereocenters. The first-order valence-electron chi connectivity index (χ1n) is 6.72. The fourth-order valence-electron chi connectivity index (χ4n) is 1.89. The highest BCUT2D eigenvalue weighted by molar-refractivity contribution is 8.00. The van der Waals surface area contributed by atoms with Crippen LogP contribution in [-0.2, 0) is 5.75 Å². The van der Waals surface area contributed by atoms with Gasteiger partial charge in [0.1, 0.15) is 11.7 Å². The number of anilines is 1. The van der Waals surface area contributed by atoms with E-state index in [0.717, 1.165) is 27.8 Å². The molecule has 0 saturated carbocycles. The van der Waals surface area contributed by atoms with E-state index < -0.39 is 12.7 Å². The van der Waals surface area contributed by atoms with E-state index in [9.17, 15) is 13.2 Å². The van der Waals surface area contributed by atoms with E-state index in [-0.39, 0.29) is 5.13 Å². The fraction of sp³-hybridized carbons (Fsp3) is 0.214. The number of aromatic nitrogens is 3. The molecule has 1 aromatic carbocycles. The Labute approximate surface area is 148 Å². The highest BCUT2D eigenvalue weighted by Gasteiger charge is 2.27. The first-order valence-corrected chi connectivity index (χ1v) is 8.90. The minimum absolute atomic E-state index is 0.137. The molecule has 0 saturated heterocycles. The van der Waals surface area contributed by atoms with Crippen LogP contribution >= 0.6 is 34.7 Å². The number of alkyl halides is 3. The molecule has 3 aromatic rings. The van der Waals surface area contributed by atoms with Crippen LogP contribution in [0.1, 0.15) is 5.56 Å². The zero-order chi connectivity index (χ0) is 17.2. The van der Waals surface area contributed by atoms with Gasteiger partial charge in [-0.15, -0.1) is 10.2 Å². The zero-order valence-corrected chi connectivity index (χ0v) is 14.4. The van der Waals surface area contributed by atoms with Gasteiger partial charge in [0.2, 0.25) is 5.13 Å². The molecule has 0 aliphatic heterocycles. The third kappa shape index (κ3) is 4.49. The standard InChI is InChI=1S/C14H10ClF3N4S2/c15-11-9(5-8-3-1-2-4-10(8)20-11)6-23-13-22-21-12(24-13)19-7-14(16,17)18/h1-5H,6-7H2,(H,19,21). The second-order valence-electron chi connectivity index (χ2n) is 4.76. The molecule has 1 N–H and O–H groups in total. The summed E-state index contributed by atoms with van der Waals surface area (Å²) in [6.07, 6.45) is -4.29. The van der Waals surface area contributed by atoms with Crippen LogP contribution in [0.3, 0.4) is 0 Å². The molecule has 0 amide bonds. The van der Waals surface area contributed by atoms with E-state index in [1.54, 1.807) is 0 Å². The third-order valence-corrected chi connectivity index (χ3v) is 5.34. The fourth-order valence-corrected chi connectivity index (χ4v) is 3.90. The molecule has 0 aliphatic carbocycles. The van der Waals surface area contributed by atoms with Crippen LogP contribution in [0.15, 0.2) is 34.7 Å². The second-order valence-corrected chi connectivity index (χ2v) is 7.32. The molecule has 24 heavy (non-hydrogen) atoms. The molecule has 3 rings (SSSR count). The van der Waals surface area contributed by atoms with Crippen molar-refractivity contribution in [1.82, 2.24) is 15.2 Å². The maximum Gasteiger partial charge on any atom is 0.405 e. The SMILES string of the molecule is FC(F)(F)CNc1nnc(SCc2cc3ccccc3nc2Cl)s1. The Bertz CT molecular complexity index is 853. The van der Waals surface area contributed by atoms with Gasteiger partial charge in [0.15, 0.2) is 4.34 Å². The van der Waals surface area contributed by atoms with E-state index in [1.807, 2.05) is 30.3 Å². The summed E-state index contributed by atoms with van der Waals surface area (Å²) in [5, 5.41) is 11.3. The van der Waals surface area contributed by atoms with Crippen LogP contribution in [0.25, 0.3) is 10.9 Å². The van der Waals surface area contributed by atoms with Crippen molar-refractivity contribution in [3.05, 3.63) is 41.0 Å². The number of halogens is 4. The molecule has 0 fully saturated rings. The van der Waals surface area contributed by atoms with Gasteiger partial charge in [0, 0.05) is 16.7 Å². The molecular formula is C14H10ClF3N4S2. The summed E-state index contributed by atoms with van der Waals surface area (Å²) in [5.74, 6) is 0.505. The second kappa shape index (κ2) is 7.12. The smallest absolute Gasteiger partial charge is 0.351 e. The number of rotatable bonds is 5. The number of benzene rings is 1. The van der Waals surface area contributed by atoms with E-state index in [2.05, 4.69) is 20.5 Å². The molecule has 126 valence electrons. The summed E-state index contributed by atoms with van der Waals surface area (Å²) in [4.78, 5) is 4.33. The van der Waals surface area contributed by atoms with Gasteiger partial charge in [0.05, 0.1) is 5.52 Å². The van der Waals surface area contributed by atoms with Crippen molar-refractivity contribution in [1.29, 1.82) is 0 Å². The Kier molecular flexibility index (Phi) is 5.12. The lowest BCUT2D eigenvalue weighted by Crippen LogP contribution is -2.21. The van der Waals surface area contributed by atoms with Crippen LogP contribution in [0.5, 0.6) is 0 Å². The molecule has 2 heterocycles. The van der Waals surface area contributed by atoms with E-state index in [0.29, 0.717) is 15.2 Å². The number of thioether (sulfide) groups is 1. The van der Waals surface area contributed by atoms with Crippen molar-refractivity contribution < 1.29 is 13.2 Å². The lowest BCUT2D eigenvalue weighted by atomic mass is 10.2. The van der Waals surface area contributed by atoms with Gasteiger partial charge in [-0.3, -0.25) is 0 Å². The first-order chi connectivity index (χ1) is 11.4. The third-order valence-electron chi connectivity index (χ3n) is 2.95. The van der Waals surface area contributed by atoms with Gasteiger partial charge in [-0.1, -0.05) is 52.9 Å². The monoisotopic (exact) mass is 390 g/mol. The van der Waals surface area contributed by atoms with Crippen molar-refractivity contribution in [2.75, 3.05) is 11.9 Å². The molecule has 10 heteroatoms. The molecule has 0 aliphatic rings. The molecule has 2 aromatic heterocycles. The predicted octanol–water partition coefficient (Wildman–Crippen LogP) is 5.01. The molecule has 0 spiro atoms. The summed E-state index contributed by atoms with van der Waals surface area (Å²) < 4.78 is 37.0. The Morgan fingerprint density at radius 1 is 1.21 bits per heavy atom. The van der Waals surface area contributed by atoms with Crippen LogP contribution in [0.4, 0.5) is 18.3 Å². The topological polar surface area (TPSA) is 50.7 Å². The molecule has 0 radical (unpaired) electrons. The van der Waals surface area contributed by atoms with Crippen molar-refractivity contribution in [3.63, 3.8) is 0 Å². The van der Waals surface area contributed by atoms with Crippen LogP contribution in [-0.4, -0.2) is 27.9 Å². The van der Waals surface area contributed by atoms with Crippen molar-refractivity contribution in [2.24, 2.45) is 0 Å². The van der Waals surface area contributed by atoms with Crippen molar-refractivity contribution in [2.45, 2.75) is 16.3 Å². The number of nitrogens with zero attached hydrogens (tertiary/aromatic N) is 3. The van der Waals surface area contributed by atoms with Gasteiger partial charge < -0.3 is 5.32 Å². The summed E-state index contributed by atoms with van der Waals surface area (Å²) in [6, 6.07) is 9.56. The maximum absolute atomic E-state index is 12.2. The minimum Gasteiger partial charge on any atom is -0.351 e. The Balaban J connectivity index is 1.66. The van der Waals surface area contributed by atoms with Gasteiger partial charge >= 0.3 is 6.18 Å². The number of hydrogen-bond donors (Lipinski definition) is 1. The number of nitrogens with one attached hydrogen (secondary N) is 1. The Hall–Kier alpha value is -1.58. The number of hydrogen-bond acceptors (Lipinski definition) is 6. The highest BCUT2D eigenvalue weighted by atomic mass is 35.5. The largest absolute Gasteiger partial charge is 0.405 e. The molecule has 0 atom stereocenters. The molecular weight excluding hydrogens is 381 g/mol. The lowest BCUT2D eigenvalue weighted by Gasteiger charge is -2.05. The summed E-state index contributed by atoms with van der Waals surface area (Å²) in [7, 11) is 0. The minimum atomic E-state index is -4.29. The lowest BCUT2D eigenvalue weighted by molar-refractivity contribution is -0.115. The number of pyridine rings is 1. The summed E-state index contributed by atoms with van der Waals surface area (Å²) in [6.45, 7) is -1.13. The first kappa shape index (κ1) is 17.2. The van der Waals surface area contributed by atoms with E-state index in [4.69, 9.17) is 11.6 Å². The van der Waals surface area contributed by atoms with Crippen LogP contribution in [0, 0.1) is 0 Å². The quantitative estimate of drug-likeness (QED) is 0.490. The average Bonchev–Trinajstić information content (AvgIpc) is 2.98. The van der Waals surface area contributed by atoms with Crippen molar-refractivity contribution in [3.8, 4) is 0 Å². The molecule has 4 nitrogen and oxygen atoms in total. The summed E-state index contributed by atoms with van der Waals surface area (Å²) in [5.41, 5.74) is 1.64. The Morgan fingerprint density at radius 3 is 2.79 bits per heavy atom. The number of fused-ring (bicyclic) bond motifs is 1. The van der Waals surface area contributed by atoms with Gasteiger partial charge in [-0.25, -0.2) is 4.98 Å². The average molecular weight is 391 g/mol. The number of para-hydroxylation sites is 1. The van der Waals surface area contributed by atoms with Gasteiger partial charge in [-0.2, -0.15) is 13.2 Å². The maximum atomic E-state index is 12.2. The van der Waals surface area contributed by atoms with Crippen LogP contribution in [0.2, 0.25) is 5.15 Å². The predicted molar refractivity (Wildman–Crippen MR) is 90.8 cm³/mol. The van der Waals surface area contributed by atoms with Crippen LogP contribution < -0.4 is 5.32 Å². The van der Waals surface area contributed by atoms with E-state index >= 15 is 0 Å². The highest BCUT2D eigenvalue weighted by Crippen LogP contribution is 2.31. The van der Waals surface area contributed by atoms with Gasteiger partial charge in [0.25, 0.3) is 0 Å². The van der Waals surface area contributed by atoms with Crippen molar-refractivity contribution >= 4 is 50.7 Å². The van der Waals surface area contributed by atoms with Gasteiger partial charge in [-0.05, 0) is 12.1 Å². The molecule has 0 bridgehead atoms. The normalized spacial score (nSPS) is 11.8. The van der Waals surface area contributed by atoms with E-state index in [1.165, 1.54) is 11.8 Å². The zero-order valence-electron chi connectivity index (χ0n) is 12.0. The summed E-state index contributed by atoms with van der Waals surface area (Å²) >= 11 is 8.60. The Morgan fingerprint density at radius 2 is 2.00 bits per heavy atom.